The number of nitrogens with two attached hydrogens (primary N) is 1. The molecule has 2 aromatic heterocycles. The van der Waals surface area contributed by atoms with Crippen LogP contribution in [0.3, 0.4) is 0 Å². The second-order valence-electron chi connectivity index (χ2n) is 7.32. The first-order chi connectivity index (χ1) is 16.2. The Bertz CT molecular complexity index is 1300. The number of rotatable bonds is 9. The molecule has 0 aliphatic heterocycles. The van der Waals surface area contributed by atoms with Gasteiger partial charge < -0.3 is 15.4 Å². The third kappa shape index (κ3) is 5.49. The highest BCUT2D eigenvalue weighted by molar-refractivity contribution is 6.29. The van der Waals surface area contributed by atoms with Crippen LogP contribution in [0.4, 0.5) is 11.6 Å². The van der Waals surface area contributed by atoms with Gasteiger partial charge in [-0.25, -0.2) is 4.79 Å². The molecule has 1 aromatic carbocycles. The van der Waals surface area contributed by atoms with Gasteiger partial charge in [0.15, 0.2) is 17.6 Å². The van der Waals surface area contributed by atoms with E-state index in [9.17, 15) is 19.2 Å². The monoisotopic (exact) mass is 486 g/mol. The Kier molecular flexibility index (Phi) is 7.79. The molecule has 12 heteroatoms. The maximum absolute atomic E-state index is 12.8. The number of benzene rings is 1. The number of nitrogen functional groups attached to an aromatic ring is 1. The van der Waals surface area contributed by atoms with Crippen molar-refractivity contribution < 1.29 is 14.3 Å². The number of hydrogen-bond donors (Lipinski definition) is 1. The summed E-state index contributed by atoms with van der Waals surface area (Å²) in [5.74, 6) is -1.46. The fourth-order valence-corrected chi connectivity index (χ4v) is 3.33. The minimum absolute atomic E-state index is 0.0414. The molecule has 3 aromatic rings. The number of likely N-dealkylation sites (N-methyl/N-ethyl adjacent to an activating group) is 1. The lowest BCUT2D eigenvalue weighted by Crippen LogP contribution is -2.44. The highest BCUT2D eigenvalue weighted by atomic mass is 35.5. The van der Waals surface area contributed by atoms with E-state index < -0.39 is 35.2 Å². The summed E-state index contributed by atoms with van der Waals surface area (Å²) in [6.45, 7) is 0.769. The van der Waals surface area contributed by atoms with Gasteiger partial charge in [-0.1, -0.05) is 41.9 Å². The van der Waals surface area contributed by atoms with Gasteiger partial charge in [-0.15, -0.1) is 10.2 Å². The fraction of sp³-hybridized carbons (Fsp3) is 0.273. The van der Waals surface area contributed by atoms with Crippen molar-refractivity contribution in [2.24, 2.45) is 0 Å². The van der Waals surface area contributed by atoms with Crippen molar-refractivity contribution in [1.82, 2.24) is 19.3 Å². The fourth-order valence-electron chi connectivity index (χ4n) is 3.23. The second kappa shape index (κ2) is 10.8. The van der Waals surface area contributed by atoms with Crippen LogP contribution in [0.5, 0.6) is 0 Å². The van der Waals surface area contributed by atoms with E-state index in [0.29, 0.717) is 5.82 Å². The SMILES string of the molecule is CCn1c(=O)c(C(=O)COC(=O)CN(C)c2ccc(Cl)nn2)c(N)n(Cc2ccccc2)c1=O. The van der Waals surface area contributed by atoms with E-state index in [2.05, 4.69) is 10.2 Å². The highest BCUT2D eigenvalue weighted by Crippen LogP contribution is 2.12. The van der Waals surface area contributed by atoms with E-state index in [0.717, 1.165) is 14.7 Å². The van der Waals surface area contributed by atoms with E-state index in [1.807, 2.05) is 6.07 Å². The Morgan fingerprint density at radius 1 is 1.09 bits per heavy atom. The number of Topliss-reactive ketones (excluding diaryl/α,β-unsaturated/α-hetero) is 1. The maximum Gasteiger partial charge on any atom is 0.332 e. The van der Waals surface area contributed by atoms with E-state index in [1.54, 1.807) is 44.3 Å². The summed E-state index contributed by atoms with van der Waals surface area (Å²) in [6, 6.07) is 12.1. The molecule has 0 unspecified atom stereocenters. The number of nitrogens with zero attached hydrogens (tertiary/aromatic N) is 5. The summed E-state index contributed by atoms with van der Waals surface area (Å²) >= 11 is 5.70. The molecule has 11 nitrogen and oxygen atoms in total. The zero-order valence-electron chi connectivity index (χ0n) is 18.6. The van der Waals surface area contributed by atoms with Crippen LogP contribution in [0, 0.1) is 0 Å². The predicted octanol–water partition coefficient (Wildman–Crippen LogP) is 0.966. The number of ether oxygens (including phenoxy) is 1. The van der Waals surface area contributed by atoms with Crippen LogP contribution in [0.25, 0.3) is 0 Å². The summed E-state index contributed by atoms with van der Waals surface area (Å²) in [5.41, 5.74) is 4.98. The van der Waals surface area contributed by atoms with Gasteiger partial charge in [0.05, 0.1) is 6.54 Å². The van der Waals surface area contributed by atoms with Crippen molar-refractivity contribution in [3.8, 4) is 0 Å². The first-order valence-corrected chi connectivity index (χ1v) is 10.7. The van der Waals surface area contributed by atoms with E-state index in [-0.39, 0.29) is 30.6 Å². The second-order valence-corrected chi connectivity index (χ2v) is 7.71. The lowest BCUT2D eigenvalue weighted by molar-refractivity contribution is -0.140. The van der Waals surface area contributed by atoms with Crippen molar-refractivity contribution in [3.63, 3.8) is 0 Å². The molecule has 178 valence electrons. The number of carbonyl (C=O) groups excluding carboxylic acids is 2. The third-order valence-corrected chi connectivity index (χ3v) is 5.19. The van der Waals surface area contributed by atoms with Gasteiger partial charge in [-0.2, -0.15) is 0 Å². The predicted molar refractivity (Wildman–Crippen MR) is 126 cm³/mol. The molecule has 34 heavy (non-hydrogen) atoms. The van der Waals surface area contributed by atoms with Crippen LogP contribution in [0.2, 0.25) is 5.15 Å². The molecular weight excluding hydrogens is 464 g/mol. The minimum Gasteiger partial charge on any atom is -0.456 e. The molecule has 0 saturated heterocycles. The minimum atomic E-state index is -0.830. The number of esters is 1. The van der Waals surface area contributed by atoms with Crippen molar-refractivity contribution in [3.05, 3.63) is 79.6 Å². The van der Waals surface area contributed by atoms with E-state index in [1.165, 1.54) is 11.0 Å². The molecule has 2 N–H and O–H groups in total. The molecule has 0 spiro atoms. The molecule has 3 rings (SSSR count). The number of hydrogen-bond acceptors (Lipinski definition) is 9. The molecule has 0 fully saturated rings. The molecule has 0 amide bonds. The number of carbonyl (C=O) groups is 2. The molecule has 0 aliphatic rings. The molecular formula is C22H23ClN6O5. The Labute approximate surface area is 199 Å². The van der Waals surface area contributed by atoms with Crippen LogP contribution in [0.1, 0.15) is 22.8 Å². The first kappa shape index (κ1) is 24.6. The maximum atomic E-state index is 12.8. The van der Waals surface area contributed by atoms with Gasteiger partial charge in [0.1, 0.15) is 17.9 Å². The van der Waals surface area contributed by atoms with Gasteiger partial charge in [0.2, 0.25) is 5.78 Å². The van der Waals surface area contributed by atoms with E-state index >= 15 is 0 Å². The third-order valence-electron chi connectivity index (χ3n) is 4.99. The summed E-state index contributed by atoms with van der Waals surface area (Å²) in [4.78, 5) is 52.1. The zero-order valence-corrected chi connectivity index (χ0v) is 19.4. The number of anilines is 2. The Hall–Kier alpha value is -3.99. The van der Waals surface area contributed by atoms with Gasteiger partial charge in [0.25, 0.3) is 5.56 Å². The topological polar surface area (TPSA) is 142 Å². The molecule has 0 aliphatic carbocycles. The standard InChI is InChI=1S/C22H23ClN6O5/c1-3-28-21(32)19(20(24)29(22(28)33)11-14-7-5-4-6-8-14)15(30)13-34-18(31)12-27(2)17-10-9-16(23)25-26-17/h4-10H,3,11-13,24H2,1-2H3. The van der Waals surface area contributed by atoms with Crippen molar-refractivity contribution >= 4 is 35.0 Å². The van der Waals surface area contributed by atoms with Gasteiger partial charge in [-0.05, 0) is 24.6 Å². The van der Waals surface area contributed by atoms with Crippen molar-refractivity contribution in [1.29, 1.82) is 0 Å². The average molecular weight is 487 g/mol. The Morgan fingerprint density at radius 2 is 1.79 bits per heavy atom. The van der Waals surface area contributed by atoms with Crippen molar-refractivity contribution in [2.75, 3.05) is 30.8 Å². The van der Waals surface area contributed by atoms with Gasteiger partial charge in [-0.3, -0.25) is 23.5 Å². The van der Waals surface area contributed by atoms with Crippen LogP contribution in [-0.2, 0) is 22.6 Å². The Morgan fingerprint density at radius 3 is 2.41 bits per heavy atom. The molecule has 0 bridgehead atoms. The van der Waals surface area contributed by atoms with Crippen LogP contribution < -0.4 is 21.9 Å². The van der Waals surface area contributed by atoms with Crippen molar-refractivity contribution in [2.45, 2.75) is 20.0 Å². The lowest BCUT2D eigenvalue weighted by Gasteiger charge is -2.17. The quantitative estimate of drug-likeness (QED) is 0.345. The molecule has 0 atom stereocenters. The van der Waals surface area contributed by atoms with Crippen LogP contribution >= 0.6 is 11.6 Å². The summed E-state index contributed by atoms with van der Waals surface area (Å²) in [6.07, 6.45) is 0. The first-order valence-electron chi connectivity index (χ1n) is 10.3. The molecule has 0 radical (unpaired) electrons. The summed E-state index contributed by atoms with van der Waals surface area (Å²) < 4.78 is 7.12. The summed E-state index contributed by atoms with van der Waals surface area (Å²) in [7, 11) is 1.58. The molecule has 0 saturated carbocycles. The molecule has 2 heterocycles. The van der Waals surface area contributed by atoms with E-state index in [4.69, 9.17) is 22.1 Å². The lowest BCUT2D eigenvalue weighted by atomic mass is 10.2. The smallest absolute Gasteiger partial charge is 0.332 e. The Balaban J connectivity index is 1.79. The normalized spacial score (nSPS) is 10.7. The van der Waals surface area contributed by atoms with Gasteiger partial charge >= 0.3 is 11.7 Å². The number of halogens is 1. The van der Waals surface area contributed by atoms with Crippen LogP contribution in [-0.4, -0.2) is 51.3 Å². The number of ketones is 1. The number of aromatic nitrogens is 4. The van der Waals surface area contributed by atoms with Gasteiger partial charge in [0, 0.05) is 13.6 Å². The summed E-state index contributed by atoms with van der Waals surface area (Å²) in [5, 5.41) is 7.74. The zero-order chi connectivity index (χ0) is 24.8. The van der Waals surface area contributed by atoms with Crippen LogP contribution in [0.15, 0.2) is 52.1 Å². The largest absolute Gasteiger partial charge is 0.456 e. The average Bonchev–Trinajstić information content (AvgIpc) is 2.82. The highest BCUT2D eigenvalue weighted by Gasteiger charge is 2.23.